The number of carbonyl (C=O) groups is 1. The average Bonchev–Trinajstić information content (AvgIpc) is 3.00. The van der Waals surface area contributed by atoms with E-state index in [4.69, 9.17) is 12.2 Å². The summed E-state index contributed by atoms with van der Waals surface area (Å²) in [5, 5.41) is 1.83. The number of amides is 1. The highest BCUT2D eigenvalue weighted by atomic mass is 32.1. The lowest BCUT2D eigenvalue weighted by molar-refractivity contribution is -0.128. The fourth-order valence-corrected chi connectivity index (χ4v) is 4.16. The van der Waals surface area contributed by atoms with E-state index in [1.54, 1.807) is 11.0 Å². The summed E-state index contributed by atoms with van der Waals surface area (Å²) in [4.78, 5) is 19.9. The Hall–Kier alpha value is -2.14. The number of hydrogen-bond donors (Lipinski definition) is 1. The van der Waals surface area contributed by atoms with E-state index in [1.165, 1.54) is 16.6 Å². The Morgan fingerprint density at radius 1 is 1.45 bits per heavy atom. The van der Waals surface area contributed by atoms with Crippen molar-refractivity contribution in [1.82, 2.24) is 14.8 Å². The number of fused-ring (bicyclic) bond motifs is 4. The van der Waals surface area contributed by atoms with Crippen LogP contribution in [0.1, 0.15) is 24.2 Å². The number of rotatable bonds is 2. The molecule has 0 spiro atoms. The van der Waals surface area contributed by atoms with Crippen molar-refractivity contribution in [3.63, 3.8) is 0 Å². The summed E-state index contributed by atoms with van der Waals surface area (Å²) in [5.41, 5.74) is 3.55. The number of H-pyrrole nitrogens is 1. The van der Waals surface area contributed by atoms with Crippen molar-refractivity contribution in [3.05, 3.63) is 48.2 Å². The summed E-state index contributed by atoms with van der Waals surface area (Å²) >= 11 is 5.54. The van der Waals surface area contributed by atoms with E-state index in [1.807, 2.05) is 12.1 Å². The standard InChI is InChI=1S/C17H17N3OS/c1-3-8-19-16(21)14-9-12-11-6-4-5-7-13(11)18-15(12)10(2)20(14)17(19)22/h3-7,10,14,18H,1,8-9H2,2H3. The quantitative estimate of drug-likeness (QED) is 0.685. The Kier molecular flexibility index (Phi) is 2.87. The van der Waals surface area contributed by atoms with Crippen molar-refractivity contribution >= 4 is 34.1 Å². The second kappa shape index (κ2) is 4.68. The molecular weight excluding hydrogens is 294 g/mol. The highest BCUT2D eigenvalue weighted by Crippen LogP contribution is 2.40. The van der Waals surface area contributed by atoms with Crippen LogP contribution >= 0.6 is 12.2 Å². The Labute approximate surface area is 134 Å². The van der Waals surface area contributed by atoms with Crippen LogP contribution in [0.2, 0.25) is 0 Å². The SMILES string of the molecule is C=CCN1C(=O)C2Cc3c([nH]c4ccccc34)C(C)N2C1=S. The molecule has 1 aromatic carbocycles. The molecule has 2 atom stereocenters. The first kappa shape index (κ1) is 13.5. The number of benzene rings is 1. The predicted molar refractivity (Wildman–Crippen MR) is 90.6 cm³/mol. The van der Waals surface area contributed by atoms with Gasteiger partial charge >= 0.3 is 0 Å². The zero-order chi connectivity index (χ0) is 15.4. The van der Waals surface area contributed by atoms with Crippen LogP contribution in [0.4, 0.5) is 0 Å². The summed E-state index contributed by atoms with van der Waals surface area (Å²) in [7, 11) is 0. The molecule has 5 heteroatoms. The zero-order valence-corrected chi connectivity index (χ0v) is 13.2. The molecule has 2 aliphatic rings. The first-order valence-electron chi connectivity index (χ1n) is 7.47. The number of para-hydroxylation sites is 1. The van der Waals surface area contributed by atoms with Gasteiger partial charge in [-0.3, -0.25) is 9.69 Å². The lowest BCUT2D eigenvalue weighted by Gasteiger charge is -2.34. The van der Waals surface area contributed by atoms with Gasteiger partial charge in [0, 0.05) is 29.6 Å². The van der Waals surface area contributed by atoms with Crippen molar-refractivity contribution in [1.29, 1.82) is 0 Å². The van der Waals surface area contributed by atoms with E-state index in [9.17, 15) is 4.79 Å². The van der Waals surface area contributed by atoms with Crippen LogP contribution < -0.4 is 0 Å². The van der Waals surface area contributed by atoms with Gasteiger partial charge in [-0.15, -0.1) is 6.58 Å². The molecule has 2 aromatic rings. The van der Waals surface area contributed by atoms with Gasteiger partial charge in [0.25, 0.3) is 5.91 Å². The Morgan fingerprint density at radius 2 is 2.23 bits per heavy atom. The molecule has 1 N–H and O–H groups in total. The third-order valence-corrected chi connectivity index (χ3v) is 5.16. The van der Waals surface area contributed by atoms with Gasteiger partial charge < -0.3 is 9.88 Å². The molecule has 1 saturated heterocycles. The van der Waals surface area contributed by atoms with Crippen LogP contribution in [0.3, 0.4) is 0 Å². The second-order valence-corrected chi connectivity index (χ2v) is 6.25. The van der Waals surface area contributed by atoms with E-state index in [2.05, 4.69) is 35.5 Å². The van der Waals surface area contributed by atoms with Gasteiger partial charge in [-0.2, -0.15) is 0 Å². The highest BCUT2D eigenvalue weighted by Gasteiger charge is 2.48. The van der Waals surface area contributed by atoms with E-state index in [0.29, 0.717) is 18.1 Å². The number of nitrogens with one attached hydrogen (secondary N) is 1. The minimum atomic E-state index is -0.186. The van der Waals surface area contributed by atoms with Crippen molar-refractivity contribution in [3.8, 4) is 0 Å². The Morgan fingerprint density at radius 3 is 3.00 bits per heavy atom. The van der Waals surface area contributed by atoms with Gasteiger partial charge in [-0.05, 0) is 30.8 Å². The Balaban J connectivity index is 1.83. The number of nitrogens with zero attached hydrogens (tertiary/aromatic N) is 2. The monoisotopic (exact) mass is 311 g/mol. The van der Waals surface area contributed by atoms with Gasteiger partial charge in [0.05, 0.1) is 6.04 Å². The summed E-state index contributed by atoms with van der Waals surface area (Å²) in [6.45, 7) is 6.31. The van der Waals surface area contributed by atoms with Gasteiger partial charge in [-0.1, -0.05) is 24.3 Å². The number of aromatic nitrogens is 1. The van der Waals surface area contributed by atoms with E-state index >= 15 is 0 Å². The van der Waals surface area contributed by atoms with Gasteiger partial charge in [-0.25, -0.2) is 0 Å². The maximum Gasteiger partial charge on any atom is 0.252 e. The van der Waals surface area contributed by atoms with Gasteiger partial charge in [0.15, 0.2) is 5.11 Å². The third-order valence-electron chi connectivity index (χ3n) is 4.73. The van der Waals surface area contributed by atoms with Crippen molar-refractivity contribution in [2.75, 3.05) is 6.54 Å². The molecule has 22 heavy (non-hydrogen) atoms. The molecule has 1 amide bonds. The van der Waals surface area contributed by atoms with Gasteiger partial charge in [0.2, 0.25) is 0 Å². The van der Waals surface area contributed by atoms with E-state index in [0.717, 1.165) is 5.52 Å². The van der Waals surface area contributed by atoms with Crippen LogP contribution in [0.25, 0.3) is 10.9 Å². The molecule has 0 aliphatic carbocycles. The number of hydrogen-bond acceptors (Lipinski definition) is 2. The lowest BCUT2D eigenvalue weighted by atomic mass is 9.93. The molecule has 4 nitrogen and oxygen atoms in total. The molecule has 1 aromatic heterocycles. The normalized spacial score (nSPS) is 23.9. The van der Waals surface area contributed by atoms with Crippen LogP contribution in [-0.2, 0) is 11.2 Å². The summed E-state index contributed by atoms with van der Waals surface area (Å²) in [6.07, 6.45) is 2.43. The van der Waals surface area contributed by atoms with Crippen molar-refractivity contribution < 1.29 is 4.79 Å². The first-order chi connectivity index (χ1) is 10.6. The minimum Gasteiger partial charge on any atom is -0.356 e. The Bertz CT molecular complexity index is 809. The zero-order valence-electron chi connectivity index (χ0n) is 12.4. The largest absolute Gasteiger partial charge is 0.356 e. The van der Waals surface area contributed by atoms with Crippen LogP contribution in [0, 0.1) is 0 Å². The van der Waals surface area contributed by atoms with E-state index in [-0.39, 0.29) is 18.0 Å². The fourth-order valence-electron chi connectivity index (χ4n) is 3.71. The number of thiocarbonyl (C=S) groups is 1. The molecule has 2 aliphatic heterocycles. The smallest absolute Gasteiger partial charge is 0.252 e. The van der Waals surface area contributed by atoms with Crippen LogP contribution in [-0.4, -0.2) is 38.4 Å². The van der Waals surface area contributed by atoms with E-state index < -0.39 is 0 Å². The second-order valence-electron chi connectivity index (χ2n) is 5.89. The van der Waals surface area contributed by atoms with Crippen LogP contribution in [0.5, 0.6) is 0 Å². The average molecular weight is 311 g/mol. The molecule has 0 saturated carbocycles. The molecule has 3 heterocycles. The maximum absolute atomic E-state index is 12.7. The minimum absolute atomic E-state index is 0.0763. The van der Waals surface area contributed by atoms with Crippen LogP contribution in [0.15, 0.2) is 36.9 Å². The predicted octanol–water partition coefficient (Wildman–Crippen LogP) is 2.77. The molecule has 112 valence electrons. The highest BCUT2D eigenvalue weighted by molar-refractivity contribution is 7.80. The first-order valence-corrected chi connectivity index (χ1v) is 7.88. The summed E-state index contributed by atoms with van der Waals surface area (Å²) in [6, 6.07) is 8.15. The lowest BCUT2D eigenvalue weighted by Crippen LogP contribution is -2.42. The number of aromatic amines is 1. The molecule has 2 unspecified atom stereocenters. The molecular formula is C17H17N3OS. The van der Waals surface area contributed by atoms with Gasteiger partial charge in [0.1, 0.15) is 6.04 Å². The number of carbonyl (C=O) groups excluding carboxylic acids is 1. The molecule has 0 radical (unpaired) electrons. The summed E-state index contributed by atoms with van der Waals surface area (Å²) < 4.78 is 0. The van der Waals surface area contributed by atoms with Crippen molar-refractivity contribution in [2.45, 2.75) is 25.4 Å². The molecule has 0 bridgehead atoms. The third kappa shape index (κ3) is 1.63. The maximum atomic E-state index is 12.7. The molecule has 1 fully saturated rings. The fraction of sp³-hybridized carbons (Fsp3) is 0.294. The topological polar surface area (TPSA) is 39.3 Å². The van der Waals surface area contributed by atoms with Crippen molar-refractivity contribution in [2.24, 2.45) is 0 Å². The molecule has 4 rings (SSSR count). The summed E-state index contributed by atoms with van der Waals surface area (Å²) in [5.74, 6) is 0.0904.